The summed E-state index contributed by atoms with van der Waals surface area (Å²) in [6.45, 7) is 14.6. The van der Waals surface area contributed by atoms with Crippen LogP contribution in [0.3, 0.4) is 0 Å². The van der Waals surface area contributed by atoms with Crippen molar-refractivity contribution in [3.8, 4) is 0 Å². The SMILES string of the molecule is C.CC(C)(C)C.CC(C)(C)N. The maximum absolute atomic E-state index is 5.35. The third-order valence-corrected chi connectivity index (χ3v) is 0. The average Bonchev–Trinajstić information content (AvgIpc) is 1.12. The first-order valence-electron chi connectivity index (χ1n) is 3.79. The molecule has 0 bridgehead atoms. The predicted octanol–water partition coefficient (Wildman–Crippen LogP) is 3.43. The van der Waals surface area contributed by atoms with Crippen molar-refractivity contribution in [2.24, 2.45) is 11.1 Å². The van der Waals surface area contributed by atoms with Crippen LogP contribution in [0, 0.1) is 5.41 Å². The van der Waals surface area contributed by atoms with Gasteiger partial charge in [0.25, 0.3) is 0 Å². The summed E-state index contributed by atoms with van der Waals surface area (Å²) < 4.78 is 0. The fourth-order valence-electron chi connectivity index (χ4n) is 0. The van der Waals surface area contributed by atoms with Crippen molar-refractivity contribution in [1.29, 1.82) is 0 Å². The highest BCUT2D eigenvalue weighted by Gasteiger charge is 1.96. The molecule has 0 rings (SSSR count). The largest absolute Gasteiger partial charge is 0.326 e. The molecule has 0 saturated carbocycles. The Morgan fingerprint density at radius 2 is 0.727 bits per heavy atom. The van der Waals surface area contributed by atoms with E-state index in [2.05, 4.69) is 27.7 Å². The van der Waals surface area contributed by atoms with Crippen LogP contribution in [-0.2, 0) is 0 Å². The molecular formula is C10H27N. The molecule has 0 heterocycles. The van der Waals surface area contributed by atoms with Crippen LogP contribution < -0.4 is 5.73 Å². The number of rotatable bonds is 0. The molecule has 1 heteroatoms. The zero-order valence-corrected chi connectivity index (χ0v) is 8.58. The molecule has 0 atom stereocenters. The van der Waals surface area contributed by atoms with E-state index >= 15 is 0 Å². The van der Waals surface area contributed by atoms with Crippen molar-refractivity contribution < 1.29 is 0 Å². The highest BCUT2D eigenvalue weighted by Crippen LogP contribution is 2.08. The van der Waals surface area contributed by atoms with Crippen LogP contribution in [0.2, 0.25) is 0 Å². The van der Waals surface area contributed by atoms with Crippen molar-refractivity contribution in [2.75, 3.05) is 0 Å². The lowest BCUT2D eigenvalue weighted by atomic mass is 10.0. The molecule has 0 unspecified atom stereocenters. The lowest BCUT2D eigenvalue weighted by Crippen LogP contribution is -2.26. The molecule has 0 amide bonds. The molecule has 11 heavy (non-hydrogen) atoms. The van der Waals surface area contributed by atoms with E-state index in [1.807, 2.05) is 20.8 Å². The summed E-state index contributed by atoms with van der Waals surface area (Å²) in [5.74, 6) is 0. The average molecular weight is 161 g/mol. The second-order valence-corrected chi connectivity index (χ2v) is 5.37. The van der Waals surface area contributed by atoms with E-state index in [4.69, 9.17) is 5.73 Å². The summed E-state index contributed by atoms with van der Waals surface area (Å²) in [7, 11) is 0. The second kappa shape index (κ2) is 5.59. The molecule has 0 aromatic heterocycles. The molecular weight excluding hydrogens is 134 g/mol. The Labute approximate surface area is 73.4 Å². The minimum Gasteiger partial charge on any atom is -0.326 e. The number of hydrogen-bond acceptors (Lipinski definition) is 1. The van der Waals surface area contributed by atoms with E-state index in [0.29, 0.717) is 5.41 Å². The maximum atomic E-state index is 5.35. The van der Waals surface area contributed by atoms with Crippen LogP contribution in [0.25, 0.3) is 0 Å². The number of nitrogens with two attached hydrogens (primary N) is 1. The molecule has 0 spiro atoms. The maximum Gasteiger partial charge on any atom is 0.00686 e. The van der Waals surface area contributed by atoms with E-state index in [0.717, 1.165) is 0 Å². The van der Waals surface area contributed by atoms with Gasteiger partial charge < -0.3 is 5.73 Å². The Balaban J connectivity index is -0.000000107. The standard InChI is InChI=1S/C5H12.C4H11N.CH4/c1-5(2,3)4;1-4(2,3)5;/h1-4H3;5H2,1-3H3;1H4. The number of hydrogen-bond donors (Lipinski definition) is 1. The van der Waals surface area contributed by atoms with E-state index in [1.165, 1.54) is 0 Å². The van der Waals surface area contributed by atoms with Crippen molar-refractivity contribution in [2.45, 2.75) is 61.4 Å². The predicted molar refractivity (Wildman–Crippen MR) is 55.8 cm³/mol. The normalized spacial score (nSPS) is 10.9. The quantitative estimate of drug-likeness (QED) is 0.578. The summed E-state index contributed by atoms with van der Waals surface area (Å²) in [6, 6.07) is 0. The molecule has 0 saturated heterocycles. The fraction of sp³-hybridized carbons (Fsp3) is 1.00. The van der Waals surface area contributed by atoms with Gasteiger partial charge in [0.15, 0.2) is 0 Å². The van der Waals surface area contributed by atoms with Gasteiger partial charge in [-0.1, -0.05) is 35.1 Å². The minimum absolute atomic E-state index is 0. The summed E-state index contributed by atoms with van der Waals surface area (Å²) in [5, 5.41) is 0. The first-order valence-corrected chi connectivity index (χ1v) is 3.79. The minimum atomic E-state index is 0. The smallest absolute Gasteiger partial charge is 0.00686 e. The third kappa shape index (κ3) is 394000. The van der Waals surface area contributed by atoms with Crippen LogP contribution in [0.5, 0.6) is 0 Å². The van der Waals surface area contributed by atoms with Crippen molar-refractivity contribution in [3.05, 3.63) is 0 Å². The summed E-state index contributed by atoms with van der Waals surface area (Å²) in [4.78, 5) is 0. The van der Waals surface area contributed by atoms with Gasteiger partial charge in [0.2, 0.25) is 0 Å². The zero-order chi connectivity index (χ0) is 9.00. The first-order chi connectivity index (χ1) is 4.00. The van der Waals surface area contributed by atoms with Gasteiger partial charge in [-0.2, -0.15) is 0 Å². The fourth-order valence-corrected chi connectivity index (χ4v) is 0. The van der Waals surface area contributed by atoms with Gasteiger partial charge in [0.05, 0.1) is 0 Å². The lowest BCUT2D eigenvalue weighted by molar-refractivity contribution is 0.469. The second-order valence-electron chi connectivity index (χ2n) is 5.37. The highest BCUT2D eigenvalue weighted by atomic mass is 14.7. The van der Waals surface area contributed by atoms with Gasteiger partial charge in [0, 0.05) is 5.54 Å². The van der Waals surface area contributed by atoms with Crippen molar-refractivity contribution in [1.82, 2.24) is 0 Å². The van der Waals surface area contributed by atoms with Gasteiger partial charge in [-0.25, -0.2) is 0 Å². The van der Waals surface area contributed by atoms with E-state index in [-0.39, 0.29) is 13.0 Å². The molecule has 0 radical (unpaired) electrons. The molecule has 0 aliphatic carbocycles. The van der Waals surface area contributed by atoms with Crippen LogP contribution in [0.1, 0.15) is 55.9 Å². The van der Waals surface area contributed by atoms with E-state index < -0.39 is 0 Å². The Morgan fingerprint density at radius 1 is 0.727 bits per heavy atom. The third-order valence-electron chi connectivity index (χ3n) is 0. The molecule has 72 valence electrons. The van der Waals surface area contributed by atoms with E-state index in [9.17, 15) is 0 Å². The van der Waals surface area contributed by atoms with Crippen LogP contribution in [0.15, 0.2) is 0 Å². The Hall–Kier alpha value is -0.0400. The Morgan fingerprint density at radius 3 is 0.727 bits per heavy atom. The Kier molecular flexibility index (Phi) is 8.72. The molecule has 1 nitrogen and oxygen atoms in total. The van der Waals surface area contributed by atoms with Gasteiger partial charge in [-0.05, 0) is 26.2 Å². The van der Waals surface area contributed by atoms with Crippen LogP contribution in [0.4, 0.5) is 0 Å². The van der Waals surface area contributed by atoms with Crippen LogP contribution >= 0.6 is 0 Å². The molecule has 0 aliphatic rings. The van der Waals surface area contributed by atoms with Gasteiger partial charge in [-0.3, -0.25) is 0 Å². The molecule has 0 fully saturated rings. The van der Waals surface area contributed by atoms with Gasteiger partial charge in [-0.15, -0.1) is 0 Å². The van der Waals surface area contributed by atoms with Gasteiger partial charge >= 0.3 is 0 Å². The summed E-state index contributed by atoms with van der Waals surface area (Å²) in [5.41, 5.74) is 5.85. The topological polar surface area (TPSA) is 26.0 Å². The van der Waals surface area contributed by atoms with Crippen molar-refractivity contribution in [3.63, 3.8) is 0 Å². The summed E-state index contributed by atoms with van der Waals surface area (Å²) >= 11 is 0. The molecule has 0 aromatic rings. The monoisotopic (exact) mass is 161 g/mol. The molecule has 2 N–H and O–H groups in total. The molecule has 0 aliphatic heterocycles. The highest BCUT2D eigenvalue weighted by molar-refractivity contribution is 4.60. The zero-order valence-electron chi connectivity index (χ0n) is 8.58. The molecule has 0 aromatic carbocycles. The first kappa shape index (κ1) is 17.2. The Bertz CT molecular complexity index is 47.9. The summed E-state index contributed by atoms with van der Waals surface area (Å²) in [6.07, 6.45) is 0. The van der Waals surface area contributed by atoms with Crippen LogP contribution in [-0.4, -0.2) is 5.54 Å². The van der Waals surface area contributed by atoms with Crippen molar-refractivity contribution >= 4 is 0 Å². The lowest BCUT2D eigenvalue weighted by Gasteiger charge is -2.06. The van der Waals surface area contributed by atoms with E-state index in [1.54, 1.807) is 0 Å². The van der Waals surface area contributed by atoms with Gasteiger partial charge in [0.1, 0.15) is 0 Å².